The van der Waals surface area contributed by atoms with Gasteiger partial charge < -0.3 is 4.74 Å². The van der Waals surface area contributed by atoms with Gasteiger partial charge in [0.05, 0.1) is 0 Å². The van der Waals surface area contributed by atoms with E-state index >= 15 is 0 Å². The molecule has 0 N–H and O–H groups in total. The Bertz CT molecular complexity index is 1050. The molecular formula is C26H24FNO. The van der Waals surface area contributed by atoms with Crippen LogP contribution in [0.4, 0.5) is 4.39 Å². The molecule has 146 valence electrons. The molecule has 0 radical (unpaired) electrons. The lowest BCUT2D eigenvalue weighted by Crippen LogP contribution is -2.15. The van der Waals surface area contributed by atoms with E-state index in [1.165, 1.54) is 35.8 Å². The number of rotatable bonds is 5. The summed E-state index contributed by atoms with van der Waals surface area (Å²) in [5.74, 6) is 0.891. The van der Waals surface area contributed by atoms with Crippen LogP contribution in [0.25, 0.3) is 0 Å². The van der Waals surface area contributed by atoms with Crippen molar-refractivity contribution >= 4 is 5.71 Å². The van der Waals surface area contributed by atoms with Crippen LogP contribution in [0, 0.1) is 11.7 Å². The van der Waals surface area contributed by atoms with Crippen molar-refractivity contribution in [1.29, 1.82) is 0 Å². The summed E-state index contributed by atoms with van der Waals surface area (Å²) in [5, 5.41) is 0. The first-order chi connectivity index (χ1) is 14.3. The van der Waals surface area contributed by atoms with E-state index in [1.54, 1.807) is 12.1 Å². The monoisotopic (exact) mass is 385 g/mol. The van der Waals surface area contributed by atoms with E-state index in [1.807, 2.05) is 24.3 Å². The Labute approximate surface area is 171 Å². The number of benzene rings is 2. The van der Waals surface area contributed by atoms with E-state index in [0.717, 1.165) is 41.8 Å². The van der Waals surface area contributed by atoms with Crippen LogP contribution in [0.5, 0.6) is 0 Å². The van der Waals surface area contributed by atoms with Crippen molar-refractivity contribution in [2.24, 2.45) is 10.9 Å². The lowest BCUT2D eigenvalue weighted by atomic mass is 9.81. The van der Waals surface area contributed by atoms with E-state index in [2.05, 4.69) is 24.3 Å². The van der Waals surface area contributed by atoms with Crippen molar-refractivity contribution in [2.75, 3.05) is 0 Å². The van der Waals surface area contributed by atoms with Crippen LogP contribution in [-0.4, -0.2) is 5.71 Å². The number of hydrogen-bond donors (Lipinski definition) is 0. The predicted octanol–water partition coefficient (Wildman–Crippen LogP) is 6.31. The van der Waals surface area contributed by atoms with Crippen molar-refractivity contribution < 1.29 is 9.13 Å². The molecule has 2 aliphatic carbocycles. The Morgan fingerprint density at radius 2 is 1.79 bits per heavy atom. The zero-order valence-electron chi connectivity index (χ0n) is 16.4. The number of aliphatic imine (C=N–C) groups is 1. The molecule has 1 fully saturated rings. The first-order valence-electron chi connectivity index (χ1n) is 10.4. The van der Waals surface area contributed by atoms with E-state index < -0.39 is 0 Å². The normalized spacial score (nSPS) is 20.4. The summed E-state index contributed by atoms with van der Waals surface area (Å²) in [6.45, 7) is 0.534. The van der Waals surface area contributed by atoms with Gasteiger partial charge in [0.2, 0.25) is 0 Å². The topological polar surface area (TPSA) is 21.6 Å². The maximum atomic E-state index is 13.7. The van der Waals surface area contributed by atoms with Crippen LogP contribution in [0.3, 0.4) is 0 Å². The first-order valence-corrected chi connectivity index (χ1v) is 10.4. The average molecular weight is 385 g/mol. The third-order valence-electron chi connectivity index (χ3n) is 5.93. The summed E-state index contributed by atoms with van der Waals surface area (Å²) < 4.78 is 19.9. The molecule has 0 aromatic heterocycles. The second-order valence-corrected chi connectivity index (χ2v) is 7.94. The van der Waals surface area contributed by atoms with Crippen molar-refractivity contribution in [3.63, 3.8) is 0 Å². The Morgan fingerprint density at radius 1 is 0.966 bits per heavy atom. The third-order valence-corrected chi connectivity index (χ3v) is 5.93. The molecule has 1 atom stereocenters. The van der Waals surface area contributed by atoms with Crippen LogP contribution in [0.15, 0.2) is 94.3 Å². The lowest BCUT2D eigenvalue weighted by molar-refractivity contribution is 0.206. The Kier molecular flexibility index (Phi) is 4.89. The Balaban J connectivity index is 1.46. The van der Waals surface area contributed by atoms with E-state index in [0.29, 0.717) is 6.61 Å². The maximum Gasteiger partial charge on any atom is 0.145 e. The molecule has 3 heteroatoms. The number of nitrogens with zero attached hydrogens (tertiary/aromatic N) is 1. The number of allylic oxidation sites excluding steroid dienone is 4. The molecule has 0 spiro atoms. The predicted molar refractivity (Wildman–Crippen MR) is 114 cm³/mol. The molecule has 2 nitrogen and oxygen atoms in total. The Morgan fingerprint density at radius 3 is 2.66 bits per heavy atom. The van der Waals surface area contributed by atoms with Gasteiger partial charge in [-0.05, 0) is 72.6 Å². The van der Waals surface area contributed by atoms with Crippen molar-refractivity contribution in [2.45, 2.75) is 38.7 Å². The summed E-state index contributed by atoms with van der Waals surface area (Å²) in [4.78, 5) is 5.01. The van der Waals surface area contributed by atoms with Gasteiger partial charge in [0.1, 0.15) is 23.9 Å². The second-order valence-electron chi connectivity index (χ2n) is 7.94. The largest absolute Gasteiger partial charge is 0.487 e. The molecule has 2 aromatic rings. The van der Waals surface area contributed by atoms with Crippen molar-refractivity contribution in [3.05, 3.63) is 106 Å². The summed E-state index contributed by atoms with van der Waals surface area (Å²) in [6.07, 6.45) is 9.59. The van der Waals surface area contributed by atoms with E-state index in [-0.39, 0.29) is 11.7 Å². The molecule has 29 heavy (non-hydrogen) atoms. The fourth-order valence-electron chi connectivity index (χ4n) is 4.55. The molecule has 1 saturated carbocycles. The molecule has 1 unspecified atom stereocenters. The molecule has 1 heterocycles. The fraction of sp³-hybridized carbons (Fsp3) is 0.269. The minimum atomic E-state index is -0.177. The average Bonchev–Trinajstić information content (AvgIpc) is 3.14. The molecule has 0 bridgehead atoms. The summed E-state index contributed by atoms with van der Waals surface area (Å²) in [6, 6.07) is 17.2. The van der Waals surface area contributed by atoms with Gasteiger partial charge >= 0.3 is 0 Å². The number of hydrogen-bond acceptors (Lipinski definition) is 2. The van der Waals surface area contributed by atoms with Gasteiger partial charge in [-0.1, -0.05) is 48.5 Å². The maximum absolute atomic E-state index is 13.7. The quantitative estimate of drug-likeness (QED) is 0.591. The SMILES string of the molecule is Fc1cccc(CC2C=CC(OCc3ccccc3)=C3N=C4CCCCC4=C32)c1. The molecule has 5 rings (SSSR count). The van der Waals surface area contributed by atoms with Crippen molar-refractivity contribution in [3.8, 4) is 0 Å². The zero-order valence-corrected chi connectivity index (χ0v) is 16.4. The van der Waals surface area contributed by atoms with Gasteiger partial charge in [-0.2, -0.15) is 0 Å². The van der Waals surface area contributed by atoms with E-state index in [4.69, 9.17) is 9.73 Å². The highest BCUT2D eigenvalue weighted by molar-refractivity contribution is 6.05. The molecular weight excluding hydrogens is 361 g/mol. The fourth-order valence-corrected chi connectivity index (χ4v) is 4.55. The van der Waals surface area contributed by atoms with Gasteiger partial charge in [-0.25, -0.2) is 9.38 Å². The third kappa shape index (κ3) is 3.69. The second kappa shape index (κ2) is 7.82. The number of ether oxygens (including phenoxy) is 1. The lowest BCUT2D eigenvalue weighted by Gasteiger charge is -2.24. The van der Waals surface area contributed by atoms with Gasteiger partial charge in [0.25, 0.3) is 0 Å². The van der Waals surface area contributed by atoms with Gasteiger partial charge in [0, 0.05) is 11.6 Å². The zero-order chi connectivity index (χ0) is 19.6. The Hall–Kier alpha value is -2.94. The highest BCUT2D eigenvalue weighted by atomic mass is 19.1. The molecule has 3 aliphatic rings. The van der Waals surface area contributed by atoms with Crippen LogP contribution >= 0.6 is 0 Å². The summed E-state index contributed by atoms with van der Waals surface area (Å²) in [7, 11) is 0. The van der Waals surface area contributed by atoms with Crippen LogP contribution < -0.4 is 0 Å². The van der Waals surface area contributed by atoms with Crippen molar-refractivity contribution in [1.82, 2.24) is 0 Å². The number of fused-ring (bicyclic) bond motifs is 2. The van der Waals surface area contributed by atoms with Gasteiger partial charge in [0.15, 0.2) is 0 Å². The minimum absolute atomic E-state index is 0.177. The van der Waals surface area contributed by atoms with Crippen LogP contribution in [-0.2, 0) is 17.8 Å². The highest BCUT2D eigenvalue weighted by Gasteiger charge is 2.34. The van der Waals surface area contributed by atoms with E-state index in [9.17, 15) is 4.39 Å². The summed E-state index contributed by atoms with van der Waals surface area (Å²) >= 11 is 0. The first kappa shape index (κ1) is 18.1. The van der Waals surface area contributed by atoms with Crippen LogP contribution in [0.1, 0.15) is 36.8 Å². The minimum Gasteiger partial charge on any atom is -0.487 e. The van der Waals surface area contributed by atoms with Gasteiger partial charge in [-0.3, -0.25) is 0 Å². The number of halogens is 1. The highest BCUT2D eigenvalue weighted by Crippen LogP contribution is 2.43. The molecule has 0 saturated heterocycles. The molecule has 2 aromatic carbocycles. The molecule has 0 amide bonds. The smallest absolute Gasteiger partial charge is 0.145 e. The van der Waals surface area contributed by atoms with Crippen LogP contribution in [0.2, 0.25) is 0 Å². The molecule has 1 aliphatic heterocycles. The van der Waals surface area contributed by atoms with Gasteiger partial charge in [-0.15, -0.1) is 0 Å². The standard InChI is InChI=1S/C26H24FNO/c27-21-10-6-9-19(16-21)15-20-13-14-24(29-17-18-7-2-1-3-8-18)26-25(20)22-11-4-5-12-23(22)28-26/h1-3,6-10,13-14,16,20H,4-5,11-12,15,17H2. The summed E-state index contributed by atoms with van der Waals surface area (Å²) in [5.41, 5.74) is 7.09.